The Morgan fingerprint density at radius 2 is 1.53 bits per heavy atom. The van der Waals surface area contributed by atoms with Crippen molar-refractivity contribution >= 4 is 11.0 Å². The van der Waals surface area contributed by atoms with E-state index < -0.39 is 0 Å². The van der Waals surface area contributed by atoms with Gasteiger partial charge in [-0.25, -0.2) is 4.79 Å². The normalized spacial score (nSPS) is 13.1. The van der Waals surface area contributed by atoms with Gasteiger partial charge in [0.25, 0.3) is 0 Å². The van der Waals surface area contributed by atoms with Crippen LogP contribution in [0.4, 0.5) is 0 Å². The van der Waals surface area contributed by atoms with Gasteiger partial charge in [-0.05, 0) is 73.6 Å². The summed E-state index contributed by atoms with van der Waals surface area (Å²) in [5.74, 6) is 2.42. The second-order valence-corrected chi connectivity index (χ2v) is 7.51. The standard InChI is InChI=1S/C24H26O6/c1-14-9-18(22-16-7-5-6-8-17(16)24(25)30-19(22)10-14)29-13-15-11-20(26-2)23(28-4)21(12-15)27-3/h9-12H,5-8,13H2,1-4H3. The van der Waals surface area contributed by atoms with E-state index in [0.29, 0.717) is 29.4 Å². The van der Waals surface area contributed by atoms with Gasteiger partial charge in [-0.15, -0.1) is 0 Å². The molecule has 0 radical (unpaired) electrons. The van der Waals surface area contributed by atoms with Crippen molar-refractivity contribution in [1.82, 2.24) is 0 Å². The van der Waals surface area contributed by atoms with E-state index in [1.807, 2.05) is 31.2 Å². The van der Waals surface area contributed by atoms with Crippen molar-refractivity contribution in [2.45, 2.75) is 39.2 Å². The highest BCUT2D eigenvalue weighted by atomic mass is 16.5. The molecular weight excluding hydrogens is 384 g/mol. The predicted octanol–water partition coefficient (Wildman–Crippen LogP) is 4.59. The number of aryl methyl sites for hydroxylation is 2. The predicted molar refractivity (Wildman–Crippen MR) is 114 cm³/mol. The summed E-state index contributed by atoms with van der Waals surface area (Å²) in [6.45, 7) is 2.27. The summed E-state index contributed by atoms with van der Waals surface area (Å²) in [7, 11) is 4.75. The maximum absolute atomic E-state index is 12.4. The molecule has 1 heterocycles. The molecule has 0 atom stereocenters. The molecule has 0 saturated carbocycles. The molecule has 4 rings (SSSR count). The lowest BCUT2D eigenvalue weighted by Gasteiger charge is -2.19. The summed E-state index contributed by atoms with van der Waals surface area (Å²) in [6.07, 6.45) is 3.69. The van der Waals surface area contributed by atoms with Gasteiger partial charge in [0, 0.05) is 5.56 Å². The molecule has 0 N–H and O–H groups in total. The number of fused-ring (bicyclic) bond motifs is 3. The van der Waals surface area contributed by atoms with Gasteiger partial charge in [0.15, 0.2) is 11.5 Å². The second-order valence-electron chi connectivity index (χ2n) is 7.51. The fourth-order valence-electron chi connectivity index (χ4n) is 4.16. The van der Waals surface area contributed by atoms with Crippen molar-refractivity contribution in [3.05, 3.63) is 56.9 Å². The molecule has 3 aromatic rings. The number of ether oxygens (including phenoxy) is 4. The summed E-state index contributed by atoms with van der Waals surface area (Å²) >= 11 is 0. The highest BCUT2D eigenvalue weighted by Crippen LogP contribution is 2.39. The first-order valence-electron chi connectivity index (χ1n) is 10.1. The topological polar surface area (TPSA) is 67.1 Å². The lowest BCUT2D eigenvalue weighted by molar-refractivity contribution is 0.300. The van der Waals surface area contributed by atoms with Gasteiger partial charge in [-0.2, -0.15) is 0 Å². The Morgan fingerprint density at radius 1 is 0.867 bits per heavy atom. The molecule has 6 nitrogen and oxygen atoms in total. The lowest BCUT2D eigenvalue weighted by atomic mass is 9.90. The zero-order chi connectivity index (χ0) is 21.3. The summed E-state index contributed by atoms with van der Waals surface area (Å²) in [6, 6.07) is 7.64. The average molecular weight is 410 g/mol. The average Bonchev–Trinajstić information content (AvgIpc) is 2.76. The van der Waals surface area contributed by atoms with E-state index in [2.05, 4.69) is 0 Å². The van der Waals surface area contributed by atoms with Gasteiger partial charge in [0.1, 0.15) is 17.9 Å². The maximum Gasteiger partial charge on any atom is 0.339 e. The van der Waals surface area contributed by atoms with Crippen LogP contribution < -0.4 is 24.6 Å². The molecular formula is C24H26O6. The Hall–Kier alpha value is -3.15. The van der Waals surface area contributed by atoms with Crippen LogP contribution in [0.3, 0.4) is 0 Å². The third kappa shape index (κ3) is 3.58. The second kappa shape index (κ2) is 8.30. The van der Waals surface area contributed by atoms with Crippen molar-refractivity contribution in [2.24, 2.45) is 0 Å². The van der Waals surface area contributed by atoms with Crippen molar-refractivity contribution in [3.63, 3.8) is 0 Å². The number of methoxy groups -OCH3 is 3. The minimum absolute atomic E-state index is 0.224. The van der Waals surface area contributed by atoms with Crippen LogP contribution in [0.5, 0.6) is 23.0 Å². The largest absolute Gasteiger partial charge is 0.493 e. The smallest absolute Gasteiger partial charge is 0.339 e. The molecule has 30 heavy (non-hydrogen) atoms. The monoisotopic (exact) mass is 410 g/mol. The molecule has 158 valence electrons. The highest BCUT2D eigenvalue weighted by molar-refractivity contribution is 5.88. The molecule has 1 aliphatic rings. The fourth-order valence-corrected chi connectivity index (χ4v) is 4.16. The molecule has 0 saturated heterocycles. The minimum atomic E-state index is -0.224. The zero-order valence-electron chi connectivity index (χ0n) is 17.8. The molecule has 2 aromatic carbocycles. The van der Waals surface area contributed by atoms with Crippen LogP contribution in [0, 0.1) is 6.92 Å². The number of rotatable bonds is 6. The van der Waals surface area contributed by atoms with Crippen molar-refractivity contribution in [3.8, 4) is 23.0 Å². The molecule has 1 aliphatic carbocycles. The molecule has 0 bridgehead atoms. The Labute approximate surface area is 175 Å². The first-order chi connectivity index (χ1) is 14.5. The zero-order valence-corrected chi connectivity index (χ0v) is 17.8. The van der Waals surface area contributed by atoms with E-state index in [1.54, 1.807) is 21.3 Å². The van der Waals surface area contributed by atoms with E-state index in [9.17, 15) is 4.79 Å². The van der Waals surface area contributed by atoms with Crippen LogP contribution in [0.15, 0.2) is 33.5 Å². The number of hydrogen-bond acceptors (Lipinski definition) is 6. The first-order valence-corrected chi connectivity index (χ1v) is 10.1. The van der Waals surface area contributed by atoms with Gasteiger partial charge in [-0.1, -0.05) is 0 Å². The molecule has 6 heteroatoms. The molecule has 0 unspecified atom stereocenters. The Kier molecular flexibility index (Phi) is 5.57. The molecule has 0 amide bonds. The van der Waals surface area contributed by atoms with Crippen LogP contribution in [-0.2, 0) is 19.4 Å². The molecule has 1 aromatic heterocycles. The van der Waals surface area contributed by atoms with E-state index in [-0.39, 0.29) is 5.63 Å². The quantitative estimate of drug-likeness (QED) is 0.554. The fraction of sp³-hybridized carbons (Fsp3) is 0.375. The van der Waals surface area contributed by atoms with E-state index in [4.69, 9.17) is 23.4 Å². The number of benzene rings is 2. The van der Waals surface area contributed by atoms with E-state index in [0.717, 1.165) is 59.1 Å². The summed E-state index contributed by atoms with van der Waals surface area (Å²) < 4.78 is 28.2. The van der Waals surface area contributed by atoms with Crippen LogP contribution in [0.1, 0.15) is 35.1 Å². The van der Waals surface area contributed by atoms with E-state index in [1.165, 1.54) is 0 Å². The minimum Gasteiger partial charge on any atom is -0.493 e. The van der Waals surface area contributed by atoms with Gasteiger partial charge in [0.05, 0.1) is 26.7 Å². The van der Waals surface area contributed by atoms with Crippen molar-refractivity contribution in [2.75, 3.05) is 21.3 Å². The lowest BCUT2D eigenvalue weighted by Crippen LogP contribution is -2.16. The third-order valence-electron chi connectivity index (χ3n) is 5.55. The van der Waals surface area contributed by atoms with Gasteiger partial charge in [0.2, 0.25) is 5.75 Å². The highest BCUT2D eigenvalue weighted by Gasteiger charge is 2.21. The van der Waals surface area contributed by atoms with Crippen LogP contribution >= 0.6 is 0 Å². The summed E-state index contributed by atoms with van der Waals surface area (Å²) in [5.41, 5.74) is 4.06. The Balaban J connectivity index is 1.75. The third-order valence-corrected chi connectivity index (χ3v) is 5.55. The molecule has 0 fully saturated rings. The Bertz CT molecular complexity index is 1120. The maximum atomic E-state index is 12.4. The van der Waals surface area contributed by atoms with E-state index >= 15 is 0 Å². The van der Waals surface area contributed by atoms with Crippen LogP contribution in [0.25, 0.3) is 11.0 Å². The first kappa shape index (κ1) is 20.1. The van der Waals surface area contributed by atoms with Crippen molar-refractivity contribution < 1.29 is 23.4 Å². The Morgan fingerprint density at radius 3 is 2.17 bits per heavy atom. The SMILES string of the molecule is COc1cc(COc2cc(C)cc3oc(=O)c4c(c23)CCCC4)cc(OC)c1OC. The van der Waals surface area contributed by atoms with Crippen LogP contribution in [0.2, 0.25) is 0 Å². The van der Waals surface area contributed by atoms with Crippen molar-refractivity contribution in [1.29, 1.82) is 0 Å². The molecule has 0 aliphatic heterocycles. The number of hydrogen-bond donors (Lipinski definition) is 0. The summed E-state index contributed by atoms with van der Waals surface area (Å²) in [4.78, 5) is 12.4. The van der Waals surface area contributed by atoms with Crippen LogP contribution in [-0.4, -0.2) is 21.3 Å². The summed E-state index contributed by atoms with van der Waals surface area (Å²) in [5, 5.41) is 0.905. The van der Waals surface area contributed by atoms with Gasteiger partial charge < -0.3 is 23.4 Å². The molecule has 0 spiro atoms. The van der Waals surface area contributed by atoms with Gasteiger partial charge >= 0.3 is 5.63 Å². The van der Waals surface area contributed by atoms with Gasteiger partial charge in [-0.3, -0.25) is 0 Å².